The highest BCUT2D eigenvalue weighted by Gasteiger charge is 2.29. The number of aliphatic hydroxyl groups excluding tert-OH is 1. The number of hydrogen-bond acceptors (Lipinski definition) is 4. The number of para-hydroxylation sites is 1. The number of carbonyl (C=O) groups excluding carboxylic acids is 1. The molecule has 5 nitrogen and oxygen atoms in total. The maximum Gasteiger partial charge on any atom is 0.260 e. The van der Waals surface area contributed by atoms with Crippen LogP contribution in [0.1, 0.15) is 18.9 Å². The molecule has 1 saturated heterocycles. The number of ether oxygens (including phenoxy) is 1. The van der Waals surface area contributed by atoms with Crippen LogP contribution >= 0.6 is 0 Å². The maximum atomic E-state index is 12.0. The van der Waals surface area contributed by atoms with Gasteiger partial charge in [-0.2, -0.15) is 5.26 Å². The molecule has 1 aromatic rings. The third kappa shape index (κ3) is 3.28. The van der Waals surface area contributed by atoms with Crippen molar-refractivity contribution < 1.29 is 14.6 Å². The molecule has 1 amide bonds. The fraction of sp³-hybridized carbons (Fsp3) is 0.467. The van der Waals surface area contributed by atoms with Crippen LogP contribution in [0.5, 0.6) is 5.75 Å². The van der Waals surface area contributed by atoms with Crippen LogP contribution in [0.25, 0.3) is 0 Å². The zero-order valence-electron chi connectivity index (χ0n) is 11.5. The molecule has 0 saturated carbocycles. The van der Waals surface area contributed by atoms with Crippen LogP contribution in [0.4, 0.5) is 0 Å². The van der Waals surface area contributed by atoms with Crippen molar-refractivity contribution in [1.82, 2.24) is 4.90 Å². The molecule has 1 fully saturated rings. The van der Waals surface area contributed by atoms with Gasteiger partial charge in [0, 0.05) is 19.0 Å². The third-order valence-corrected chi connectivity index (χ3v) is 3.62. The molecule has 2 unspecified atom stereocenters. The van der Waals surface area contributed by atoms with E-state index in [0.717, 1.165) is 6.42 Å². The minimum Gasteiger partial charge on any atom is -0.482 e. The zero-order valence-corrected chi connectivity index (χ0v) is 11.5. The average molecular weight is 274 g/mol. The van der Waals surface area contributed by atoms with Crippen molar-refractivity contribution in [2.75, 3.05) is 19.7 Å². The maximum absolute atomic E-state index is 12.0. The quantitative estimate of drug-likeness (QED) is 0.894. The largest absolute Gasteiger partial charge is 0.482 e. The summed E-state index contributed by atoms with van der Waals surface area (Å²) in [5.41, 5.74) is 0.420. The van der Waals surface area contributed by atoms with Gasteiger partial charge in [0.05, 0.1) is 11.7 Å². The molecular formula is C15H18N2O3. The molecule has 2 atom stereocenters. The third-order valence-electron chi connectivity index (χ3n) is 3.62. The number of rotatable bonds is 4. The van der Waals surface area contributed by atoms with Crippen molar-refractivity contribution in [3.63, 3.8) is 0 Å². The lowest BCUT2D eigenvalue weighted by atomic mass is 10.0. The Morgan fingerprint density at radius 2 is 2.35 bits per heavy atom. The molecular weight excluding hydrogens is 256 g/mol. The minimum atomic E-state index is -0.395. The first-order valence-corrected chi connectivity index (χ1v) is 6.69. The Morgan fingerprint density at radius 1 is 1.60 bits per heavy atom. The average Bonchev–Trinajstić information content (AvgIpc) is 2.95. The van der Waals surface area contributed by atoms with E-state index in [4.69, 9.17) is 10.00 Å². The number of benzene rings is 1. The van der Waals surface area contributed by atoms with Crippen molar-refractivity contribution >= 4 is 5.91 Å². The van der Waals surface area contributed by atoms with E-state index in [1.54, 1.807) is 36.1 Å². The van der Waals surface area contributed by atoms with Gasteiger partial charge in [-0.1, -0.05) is 12.1 Å². The van der Waals surface area contributed by atoms with Gasteiger partial charge < -0.3 is 14.7 Å². The number of likely N-dealkylation sites (tertiary alicyclic amines) is 1. The van der Waals surface area contributed by atoms with Crippen molar-refractivity contribution in [1.29, 1.82) is 5.26 Å². The Balaban J connectivity index is 1.89. The SMILES string of the molecule is CC(O)C1CCN(C(=O)COc2ccccc2C#N)C1. The smallest absolute Gasteiger partial charge is 0.260 e. The molecule has 0 bridgehead atoms. The van der Waals surface area contributed by atoms with Crippen LogP contribution in [-0.2, 0) is 4.79 Å². The lowest BCUT2D eigenvalue weighted by Gasteiger charge is -2.18. The van der Waals surface area contributed by atoms with E-state index in [2.05, 4.69) is 0 Å². The fourth-order valence-electron chi connectivity index (χ4n) is 2.32. The fourth-order valence-corrected chi connectivity index (χ4v) is 2.32. The Bertz CT molecular complexity index is 522. The van der Waals surface area contributed by atoms with Gasteiger partial charge >= 0.3 is 0 Å². The van der Waals surface area contributed by atoms with Crippen LogP contribution in [0.15, 0.2) is 24.3 Å². The Kier molecular flexibility index (Phi) is 4.59. The topological polar surface area (TPSA) is 73.6 Å². The van der Waals surface area contributed by atoms with Crippen LogP contribution in [0.2, 0.25) is 0 Å². The summed E-state index contributed by atoms with van der Waals surface area (Å²) in [6, 6.07) is 8.87. The van der Waals surface area contributed by atoms with Crippen molar-refractivity contribution in [3.05, 3.63) is 29.8 Å². The summed E-state index contributed by atoms with van der Waals surface area (Å²) in [7, 11) is 0. The molecule has 1 N–H and O–H groups in total. The lowest BCUT2D eigenvalue weighted by molar-refractivity contribution is -0.132. The number of amides is 1. The molecule has 106 valence electrons. The Hall–Kier alpha value is -2.06. The van der Waals surface area contributed by atoms with Gasteiger partial charge in [0.1, 0.15) is 11.8 Å². The zero-order chi connectivity index (χ0) is 14.5. The van der Waals surface area contributed by atoms with Crippen molar-refractivity contribution in [3.8, 4) is 11.8 Å². The first-order valence-electron chi connectivity index (χ1n) is 6.69. The first-order chi connectivity index (χ1) is 9.61. The number of aliphatic hydroxyl groups is 1. The summed E-state index contributed by atoms with van der Waals surface area (Å²) in [6.07, 6.45) is 0.422. The Labute approximate surface area is 118 Å². The normalized spacial score (nSPS) is 19.4. The van der Waals surface area contributed by atoms with E-state index in [0.29, 0.717) is 24.4 Å². The molecule has 1 aliphatic heterocycles. The second kappa shape index (κ2) is 6.40. The molecule has 20 heavy (non-hydrogen) atoms. The van der Waals surface area contributed by atoms with Crippen LogP contribution in [0.3, 0.4) is 0 Å². The summed E-state index contributed by atoms with van der Waals surface area (Å²) in [5.74, 6) is 0.459. The molecule has 1 aliphatic rings. The molecule has 0 aliphatic carbocycles. The highest BCUT2D eigenvalue weighted by molar-refractivity contribution is 5.78. The molecule has 2 rings (SSSR count). The summed E-state index contributed by atoms with van der Waals surface area (Å²) in [4.78, 5) is 13.7. The van der Waals surface area contributed by atoms with Crippen molar-refractivity contribution in [2.45, 2.75) is 19.4 Å². The summed E-state index contributed by atoms with van der Waals surface area (Å²) < 4.78 is 5.42. The Morgan fingerprint density at radius 3 is 3.00 bits per heavy atom. The predicted molar refractivity (Wildman–Crippen MR) is 73.0 cm³/mol. The molecule has 5 heteroatoms. The van der Waals surface area contributed by atoms with Gasteiger partial charge in [0.2, 0.25) is 0 Å². The van der Waals surface area contributed by atoms with E-state index < -0.39 is 6.10 Å². The van der Waals surface area contributed by atoms with Crippen LogP contribution < -0.4 is 4.74 Å². The monoisotopic (exact) mass is 274 g/mol. The van der Waals surface area contributed by atoms with Gasteiger partial charge in [-0.15, -0.1) is 0 Å². The van der Waals surface area contributed by atoms with E-state index in [1.807, 2.05) is 6.07 Å². The second-order valence-corrected chi connectivity index (χ2v) is 5.03. The number of nitriles is 1. The van der Waals surface area contributed by atoms with Gasteiger partial charge in [-0.3, -0.25) is 4.79 Å². The number of hydrogen-bond donors (Lipinski definition) is 1. The number of carbonyl (C=O) groups is 1. The number of nitrogens with zero attached hydrogens (tertiary/aromatic N) is 2. The summed E-state index contributed by atoms with van der Waals surface area (Å²) in [6.45, 7) is 2.89. The molecule has 1 aromatic carbocycles. The molecule has 0 aromatic heterocycles. The standard InChI is InChI=1S/C15H18N2O3/c1-11(18)13-6-7-17(9-13)15(19)10-20-14-5-3-2-4-12(14)8-16/h2-5,11,13,18H,6-7,9-10H2,1H3. The van der Waals surface area contributed by atoms with Gasteiger partial charge in [-0.25, -0.2) is 0 Å². The lowest BCUT2D eigenvalue weighted by Crippen LogP contribution is -2.34. The van der Waals surface area contributed by atoms with Gasteiger partial charge in [0.15, 0.2) is 6.61 Å². The molecule has 1 heterocycles. The van der Waals surface area contributed by atoms with Gasteiger partial charge in [-0.05, 0) is 25.5 Å². The second-order valence-electron chi connectivity index (χ2n) is 5.03. The predicted octanol–water partition coefficient (Wildman–Crippen LogP) is 1.17. The van der Waals surface area contributed by atoms with Crippen LogP contribution in [0, 0.1) is 17.2 Å². The van der Waals surface area contributed by atoms with E-state index in [9.17, 15) is 9.90 Å². The van der Waals surface area contributed by atoms with Crippen LogP contribution in [-0.4, -0.2) is 41.7 Å². The van der Waals surface area contributed by atoms with E-state index in [1.165, 1.54) is 0 Å². The summed E-state index contributed by atoms with van der Waals surface area (Å²) in [5, 5.41) is 18.5. The van der Waals surface area contributed by atoms with Crippen molar-refractivity contribution in [2.24, 2.45) is 5.92 Å². The first kappa shape index (κ1) is 14.4. The minimum absolute atomic E-state index is 0.0782. The van der Waals surface area contributed by atoms with E-state index in [-0.39, 0.29) is 18.4 Å². The molecule has 0 spiro atoms. The van der Waals surface area contributed by atoms with E-state index >= 15 is 0 Å². The van der Waals surface area contributed by atoms with Gasteiger partial charge in [0.25, 0.3) is 5.91 Å². The highest BCUT2D eigenvalue weighted by atomic mass is 16.5. The molecule has 0 radical (unpaired) electrons. The summed E-state index contributed by atoms with van der Waals surface area (Å²) >= 11 is 0. The highest BCUT2D eigenvalue weighted by Crippen LogP contribution is 2.20.